The number of hydrogen-bond donors (Lipinski definition) is 1. The molecule has 1 heterocycles. The summed E-state index contributed by atoms with van der Waals surface area (Å²) in [7, 11) is 3.08. The van der Waals surface area contributed by atoms with Crippen LogP contribution in [0.25, 0.3) is 0 Å². The first-order valence-electron chi connectivity index (χ1n) is 4.77. The Kier molecular flexibility index (Phi) is 2.70. The van der Waals surface area contributed by atoms with E-state index >= 15 is 0 Å². The van der Waals surface area contributed by atoms with Crippen molar-refractivity contribution < 1.29 is 24.1 Å². The minimum absolute atomic E-state index is 0.377. The van der Waals surface area contributed by atoms with Gasteiger partial charge in [0.15, 0.2) is 17.6 Å². The Morgan fingerprint density at radius 1 is 1.31 bits per heavy atom. The molecule has 1 aromatic carbocycles. The number of benzene rings is 1. The molecule has 2 rings (SSSR count). The summed E-state index contributed by atoms with van der Waals surface area (Å²) < 4.78 is 15.2. The zero-order valence-corrected chi connectivity index (χ0v) is 8.97. The number of hydrogen-bond acceptors (Lipinski definition) is 4. The van der Waals surface area contributed by atoms with Crippen molar-refractivity contribution in [1.82, 2.24) is 0 Å². The van der Waals surface area contributed by atoms with Crippen LogP contribution in [0.4, 0.5) is 0 Å². The normalized spacial score (nSPS) is 22.6. The maximum Gasteiger partial charge on any atom is 0.335 e. The molecule has 0 radical (unpaired) electrons. The molecule has 0 amide bonds. The number of epoxide rings is 1. The second kappa shape index (κ2) is 4.02. The molecule has 1 N–H and O–H groups in total. The fourth-order valence-corrected chi connectivity index (χ4v) is 1.58. The van der Waals surface area contributed by atoms with Gasteiger partial charge in [0.1, 0.15) is 6.10 Å². The number of aliphatic carboxylic acids is 1. The second-order valence-corrected chi connectivity index (χ2v) is 3.43. The van der Waals surface area contributed by atoms with E-state index in [2.05, 4.69) is 0 Å². The van der Waals surface area contributed by atoms with Crippen LogP contribution in [0.2, 0.25) is 0 Å². The van der Waals surface area contributed by atoms with Gasteiger partial charge in [0.05, 0.1) is 14.2 Å². The molecular weight excluding hydrogens is 212 g/mol. The van der Waals surface area contributed by atoms with Crippen LogP contribution in [0.5, 0.6) is 11.5 Å². The van der Waals surface area contributed by atoms with Crippen molar-refractivity contribution in [2.24, 2.45) is 0 Å². The SMILES string of the molecule is COc1ccc([C@H]2O[C@@H]2C(=O)O)cc1OC. The average molecular weight is 224 g/mol. The van der Waals surface area contributed by atoms with Gasteiger partial charge in [0, 0.05) is 0 Å². The van der Waals surface area contributed by atoms with Crippen molar-refractivity contribution in [2.45, 2.75) is 12.2 Å². The molecule has 1 aliphatic heterocycles. The van der Waals surface area contributed by atoms with E-state index < -0.39 is 12.1 Å². The van der Waals surface area contributed by atoms with E-state index in [-0.39, 0.29) is 6.10 Å². The Labute approximate surface area is 92.5 Å². The summed E-state index contributed by atoms with van der Waals surface area (Å²) in [6.07, 6.45) is -1.12. The lowest BCUT2D eigenvalue weighted by Gasteiger charge is -2.08. The predicted molar refractivity (Wildman–Crippen MR) is 54.8 cm³/mol. The molecule has 86 valence electrons. The maximum atomic E-state index is 10.6. The fourth-order valence-electron chi connectivity index (χ4n) is 1.58. The third-order valence-corrected chi connectivity index (χ3v) is 2.47. The van der Waals surface area contributed by atoms with Gasteiger partial charge in [-0.05, 0) is 17.7 Å². The summed E-state index contributed by atoms with van der Waals surface area (Å²) in [5.74, 6) is 0.234. The highest BCUT2D eigenvalue weighted by molar-refractivity contribution is 5.76. The van der Waals surface area contributed by atoms with Crippen molar-refractivity contribution in [3.8, 4) is 11.5 Å². The van der Waals surface area contributed by atoms with E-state index in [9.17, 15) is 4.79 Å². The van der Waals surface area contributed by atoms with Crippen molar-refractivity contribution >= 4 is 5.97 Å². The fraction of sp³-hybridized carbons (Fsp3) is 0.364. The van der Waals surface area contributed by atoms with E-state index in [1.165, 1.54) is 7.11 Å². The molecule has 2 atom stereocenters. The molecule has 0 aromatic heterocycles. The summed E-state index contributed by atoms with van der Waals surface area (Å²) in [4.78, 5) is 10.6. The van der Waals surface area contributed by atoms with Gasteiger partial charge >= 0.3 is 5.97 Å². The number of carboxylic acids is 1. The predicted octanol–water partition coefficient (Wildman–Crippen LogP) is 1.23. The lowest BCUT2D eigenvalue weighted by molar-refractivity contribution is -0.138. The molecule has 0 aliphatic carbocycles. The average Bonchev–Trinajstić information content (AvgIpc) is 3.08. The van der Waals surface area contributed by atoms with Crippen LogP contribution in [-0.2, 0) is 9.53 Å². The maximum absolute atomic E-state index is 10.6. The molecule has 1 saturated heterocycles. The molecule has 1 aliphatic rings. The van der Waals surface area contributed by atoms with Crippen LogP contribution in [0.15, 0.2) is 18.2 Å². The van der Waals surface area contributed by atoms with Crippen LogP contribution in [0.3, 0.4) is 0 Å². The van der Waals surface area contributed by atoms with Crippen LogP contribution < -0.4 is 9.47 Å². The largest absolute Gasteiger partial charge is 0.493 e. The minimum atomic E-state index is -0.945. The van der Waals surface area contributed by atoms with Crippen molar-refractivity contribution in [2.75, 3.05) is 14.2 Å². The van der Waals surface area contributed by atoms with Gasteiger partial charge in [-0.1, -0.05) is 6.07 Å². The molecule has 1 fully saturated rings. The Morgan fingerprint density at radius 2 is 2.00 bits per heavy atom. The minimum Gasteiger partial charge on any atom is -0.493 e. The van der Waals surface area contributed by atoms with Crippen LogP contribution in [-0.4, -0.2) is 31.4 Å². The molecule has 5 nitrogen and oxygen atoms in total. The van der Waals surface area contributed by atoms with Gasteiger partial charge in [-0.2, -0.15) is 0 Å². The van der Waals surface area contributed by atoms with Gasteiger partial charge in [-0.3, -0.25) is 0 Å². The van der Waals surface area contributed by atoms with Crippen molar-refractivity contribution in [1.29, 1.82) is 0 Å². The zero-order chi connectivity index (χ0) is 11.7. The Bertz CT molecular complexity index is 415. The highest BCUT2D eigenvalue weighted by Crippen LogP contribution is 2.41. The topological polar surface area (TPSA) is 68.3 Å². The molecular formula is C11H12O5. The number of methoxy groups -OCH3 is 2. The Hall–Kier alpha value is -1.75. The first-order valence-corrected chi connectivity index (χ1v) is 4.77. The number of ether oxygens (including phenoxy) is 3. The summed E-state index contributed by atoms with van der Waals surface area (Å²) >= 11 is 0. The lowest BCUT2D eigenvalue weighted by Crippen LogP contribution is -2.05. The summed E-state index contributed by atoms with van der Waals surface area (Å²) in [6.45, 7) is 0. The quantitative estimate of drug-likeness (QED) is 0.779. The van der Waals surface area contributed by atoms with Gasteiger partial charge in [0.25, 0.3) is 0 Å². The summed E-state index contributed by atoms with van der Waals surface area (Å²) in [5.41, 5.74) is 0.782. The third kappa shape index (κ3) is 1.81. The van der Waals surface area contributed by atoms with Crippen molar-refractivity contribution in [3.05, 3.63) is 23.8 Å². The molecule has 5 heteroatoms. The van der Waals surface area contributed by atoms with Crippen LogP contribution in [0, 0.1) is 0 Å². The summed E-state index contributed by atoms with van der Waals surface area (Å²) in [5, 5.41) is 8.73. The number of rotatable bonds is 4. The van der Waals surface area contributed by atoms with Crippen molar-refractivity contribution in [3.63, 3.8) is 0 Å². The molecule has 0 saturated carbocycles. The Morgan fingerprint density at radius 3 is 2.50 bits per heavy atom. The first-order chi connectivity index (χ1) is 7.67. The van der Waals surface area contributed by atoms with Gasteiger partial charge in [0.2, 0.25) is 0 Å². The molecule has 0 unspecified atom stereocenters. The number of carboxylic acid groups (broad SMARTS) is 1. The second-order valence-electron chi connectivity index (χ2n) is 3.43. The van der Waals surface area contributed by atoms with Gasteiger partial charge < -0.3 is 19.3 Å². The van der Waals surface area contributed by atoms with E-state index in [4.69, 9.17) is 19.3 Å². The summed E-state index contributed by atoms with van der Waals surface area (Å²) in [6, 6.07) is 5.23. The van der Waals surface area contributed by atoms with E-state index in [1.54, 1.807) is 25.3 Å². The lowest BCUT2D eigenvalue weighted by atomic mass is 10.1. The first kappa shape index (κ1) is 10.8. The van der Waals surface area contributed by atoms with E-state index in [1.807, 2.05) is 0 Å². The molecule has 1 aromatic rings. The smallest absolute Gasteiger partial charge is 0.335 e. The van der Waals surface area contributed by atoms with E-state index in [0.29, 0.717) is 11.5 Å². The third-order valence-electron chi connectivity index (χ3n) is 2.47. The molecule has 0 bridgehead atoms. The van der Waals surface area contributed by atoms with Crippen LogP contribution in [0.1, 0.15) is 11.7 Å². The van der Waals surface area contributed by atoms with E-state index in [0.717, 1.165) is 5.56 Å². The monoisotopic (exact) mass is 224 g/mol. The standard InChI is InChI=1S/C11H12O5/c1-14-7-4-3-6(5-8(7)15-2)9-10(16-9)11(12)13/h3-5,9-10H,1-2H3,(H,12,13)/t9-,10+/m1/s1. The highest BCUT2D eigenvalue weighted by atomic mass is 16.6. The highest BCUT2D eigenvalue weighted by Gasteiger charge is 2.46. The molecule has 16 heavy (non-hydrogen) atoms. The molecule has 0 spiro atoms. The van der Waals surface area contributed by atoms with Crippen LogP contribution >= 0.6 is 0 Å². The van der Waals surface area contributed by atoms with Gasteiger partial charge in [-0.15, -0.1) is 0 Å². The Balaban J connectivity index is 2.21. The number of carbonyl (C=O) groups is 1. The van der Waals surface area contributed by atoms with Gasteiger partial charge in [-0.25, -0.2) is 4.79 Å². The zero-order valence-electron chi connectivity index (χ0n) is 8.97.